The lowest BCUT2D eigenvalue weighted by atomic mass is 10.2. The average molecular weight is 430 g/mol. The molecule has 3 rings (SSSR count). The molecular formula is C17H11Cl3N2O3S. The lowest BCUT2D eigenvalue weighted by molar-refractivity contribution is -0.141. The number of rotatable bonds is 3. The van der Waals surface area contributed by atoms with E-state index in [0.717, 1.165) is 10.2 Å². The number of nitrogens with zero attached hydrogens (tertiary/aromatic N) is 2. The van der Waals surface area contributed by atoms with Crippen molar-refractivity contribution in [1.82, 2.24) is 4.57 Å². The number of carbonyl (C=O) groups is 2. The van der Waals surface area contributed by atoms with E-state index in [1.165, 1.54) is 30.6 Å². The normalized spacial score (nSPS) is 11.8. The van der Waals surface area contributed by atoms with E-state index in [2.05, 4.69) is 4.99 Å². The predicted octanol–water partition coefficient (Wildman–Crippen LogP) is 4.58. The fraction of sp³-hybridized carbons (Fsp3) is 0.118. The van der Waals surface area contributed by atoms with Gasteiger partial charge in [-0.2, -0.15) is 4.99 Å². The average Bonchev–Trinajstić information content (AvgIpc) is 2.90. The molecule has 0 unspecified atom stereocenters. The number of hydrogen-bond acceptors (Lipinski definition) is 4. The summed E-state index contributed by atoms with van der Waals surface area (Å²) in [7, 11) is 1.30. The summed E-state index contributed by atoms with van der Waals surface area (Å²) in [5, 5.41) is 1.17. The third-order valence-electron chi connectivity index (χ3n) is 3.52. The fourth-order valence-electron chi connectivity index (χ4n) is 2.29. The van der Waals surface area contributed by atoms with Gasteiger partial charge in [0.25, 0.3) is 5.91 Å². The number of esters is 1. The topological polar surface area (TPSA) is 60.7 Å². The van der Waals surface area contributed by atoms with Crippen LogP contribution in [0.1, 0.15) is 10.4 Å². The van der Waals surface area contributed by atoms with Crippen molar-refractivity contribution in [2.45, 2.75) is 6.54 Å². The van der Waals surface area contributed by atoms with Crippen molar-refractivity contribution in [3.05, 3.63) is 61.8 Å². The van der Waals surface area contributed by atoms with Gasteiger partial charge in [-0.15, -0.1) is 0 Å². The number of benzene rings is 2. The maximum atomic E-state index is 12.6. The van der Waals surface area contributed by atoms with Crippen LogP contribution < -0.4 is 4.80 Å². The minimum Gasteiger partial charge on any atom is -0.468 e. The first-order valence-electron chi connectivity index (χ1n) is 7.29. The molecule has 0 saturated heterocycles. The summed E-state index contributed by atoms with van der Waals surface area (Å²) in [6, 6.07) is 9.74. The van der Waals surface area contributed by atoms with E-state index in [9.17, 15) is 9.59 Å². The lowest BCUT2D eigenvalue weighted by Crippen LogP contribution is -2.22. The monoisotopic (exact) mass is 428 g/mol. The number of amides is 1. The van der Waals surface area contributed by atoms with Gasteiger partial charge in [0.15, 0.2) is 4.80 Å². The molecule has 2 aromatic carbocycles. The lowest BCUT2D eigenvalue weighted by Gasteiger charge is -2.04. The highest BCUT2D eigenvalue weighted by Gasteiger charge is 2.14. The van der Waals surface area contributed by atoms with Crippen LogP contribution >= 0.6 is 46.1 Å². The van der Waals surface area contributed by atoms with Gasteiger partial charge in [-0.1, -0.05) is 46.1 Å². The zero-order valence-electron chi connectivity index (χ0n) is 13.3. The first-order valence-corrected chi connectivity index (χ1v) is 9.24. The van der Waals surface area contributed by atoms with Gasteiger partial charge >= 0.3 is 5.97 Å². The van der Waals surface area contributed by atoms with Crippen molar-refractivity contribution in [2.75, 3.05) is 7.11 Å². The molecule has 0 aliphatic rings. The summed E-state index contributed by atoms with van der Waals surface area (Å²) in [5.74, 6) is -0.999. The molecule has 134 valence electrons. The highest BCUT2D eigenvalue weighted by Crippen LogP contribution is 2.23. The minimum absolute atomic E-state index is 0.0847. The number of carbonyl (C=O) groups excluding carboxylic acids is 2. The van der Waals surface area contributed by atoms with Crippen LogP contribution in [0.3, 0.4) is 0 Å². The molecule has 1 aromatic heterocycles. The number of ether oxygens (including phenoxy) is 1. The Morgan fingerprint density at radius 1 is 1.12 bits per heavy atom. The van der Waals surface area contributed by atoms with Crippen molar-refractivity contribution in [3.63, 3.8) is 0 Å². The highest BCUT2D eigenvalue weighted by atomic mass is 35.5. The summed E-state index contributed by atoms with van der Waals surface area (Å²) >= 11 is 19.2. The Morgan fingerprint density at radius 3 is 2.50 bits per heavy atom. The number of hydrogen-bond donors (Lipinski definition) is 0. The maximum absolute atomic E-state index is 12.6. The Hall–Kier alpha value is -1.86. The Balaban J connectivity index is 2.15. The second-order valence-corrected chi connectivity index (χ2v) is 7.49. The quantitative estimate of drug-likeness (QED) is 0.573. The molecule has 0 saturated carbocycles. The number of aromatic nitrogens is 1. The zero-order valence-corrected chi connectivity index (χ0v) is 16.4. The minimum atomic E-state index is -0.539. The van der Waals surface area contributed by atoms with Crippen LogP contribution in [0.4, 0.5) is 0 Å². The van der Waals surface area contributed by atoms with Crippen molar-refractivity contribution in [3.8, 4) is 0 Å². The maximum Gasteiger partial charge on any atom is 0.325 e. The van der Waals surface area contributed by atoms with Gasteiger partial charge in [0.1, 0.15) is 6.54 Å². The zero-order chi connectivity index (χ0) is 18.8. The fourth-order valence-corrected chi connectivity index (χ4v) is 4.08. The SMILES string of the molecule is COC(=O)Cn1c(=NC(=O)c2ccc(Cl)cc2Cl)sc2cc(Cl)ccc21. The Kier molecular flexibility index (Phi) is 5.67. The van der Waals surface area contributed by atoms with Gasteiger partial charge in [-0.05, 0) is 36.4 Å². The Labute approximate surface area is 167 Å². The van der Waals surface area contributed by atoms with E-state index in [1.54, 1.807) is 28.8 Å². The van der Waals surface area contributed by atoms with E-state index in [4.69, 9.17) is 39.5 Å². The molecule has 1 heterocycles. The molecule has 0 spiro atoms. The van der Waals surface area contributed by atoms with E-state index >= 15 is 0 Å². The Morgan fingerprint density at radius 2 is 1.81 bits per heavy atom. The van der Waals surface area contributed by atoms with E-state index in [1.807, 2.05) is 0 Å². The van der Waals surface area contributed by atoms with Crippen molar-refractivity contribution < 1.29 is 14.3 Å². The number of thiazole rings is 1. The molecule has 0 fully saturated rings. The molecule has 0 atom stereocenters. The first-order chi connectivity index (χ1) is 12.4. The van der Waals surface area contributed by atoms with Crippen LogP contribution in [0.25, 0.3) is 10.2 Å². The summed E-state index contributed by atoms with van der Waals surface area (Å²) in [5.41, 5.74) is 0.940. The summed E-state index contributed by atoms with van der Waals surface area (Å²) in [4.78, 5) is 28.8. The molecule has 3 aromatic rings. The van der Waals surface area contributed by atoms with Gasteiger partial charge in [-0.3, -0.25) is 9.59 Å². The van der Waals surface area contributed by atoms with Gasteiger partial charge in [0, 0.05) is 10.0 Å². The van der Waals surface area contributed by atoms with E-state index < -0.39 is 11.9 Å². The van der Waals surface area contributed by atoms with Gasteiger partial charge in [0.05, 0.1) is 27.9 Å². The first kappa shape index (κ1) is 18.9. The molecule has 0 aliphatic heterocycles. The molecule has 9 heteroatoms. The van der Waals surface area contributed by atoms with Crippen LogP contribution in [0.2, 0.25) is 15.1 Å². The van der Waals surface area contributed by atoms with Gasteiger partial charge in [0.2, 0.25) is 0 Å². The molecule has 26 heavy (non-hydrogen) atoms. The van der Waals surface area contributed by atoms with Gasteiger partial charge in [-0.25, -0.2) is 0 Å². The molecule has 0 radical (unpaired) electrons. The van der Waals surface area contributed by atoms with Crippen LogP contribution in [0.15, 0.2) is 41.4 Å². The van der Waals surface area contributed by atoms with Crippen molar-refractivity contribution in [1.29, 1.82) is 0 Å². The van der Waals surface area contributed by atoms with Crippen LogP contribution in [-0.2, 0) is 16.1 Å². The van der Waals surface area contributed by atoms with Crippen molar-refractivity contribution in [2.24, 2.45) is 4.99 Å². The highest BCUT2D eigenvalue weighted by molar-refractivity contribution is 7.16. The van der Waals surface area contributed by atoms with E-state index in [-0.39, 0.29) is 17.1 Å². The molecule has 0 N–H and O–H groups in total. The second kappa shape index (κ2) is 7.80. The Bertz CT molecular complexity index is 1090. The van der Waals surface area contributed by atoms with Crippen molar-refractivity contribution >= 4 is 68.2 Å². The second-order valence-electron chi connectivity index (χ2n) is 5.20. The molecule has 0 aliphatic carbocycles. The molecular weight excluding hydrogens is 419 g/mol. The summed E-state index contributed by atoms with van der Waals surface area (Å²) < 4.78 is 7.12. The standard InChI is InChI=1S/C17H11Cl3N2O3S/c1-25-15(23)8-22-13-5-3-10(19)7-14(13)26-17(22)21-16(24)11-4-2-9(18)6-12(11)20/h2-7H,8H2,1H3. The smallest absolute Gasteiger partial charge is 0.325 e. The van der Waals surface area contributed by atoms with Crippen LogP contribution in [0, 0.1) is 0 Å². The third-order valence-corrected chi connectivity index (χ3v) is 5.34. The van der Waals surface area contributed by atoms with Crippen LogP contribution in [0.5, 0.6) is 0 Å². The molecule has 0 bridgehead atoms. The number of fused-ring (bicyclic) bond motifs is 1. The van der Waals surface area contributed by atoms with Gasteiger partial charge < -0.3 is 9.30 Å². The predicted molar refractivity (Wildman–Crippen MR) is 103 cm³/mol. The molecule has 5 nitrogen and oxygen atoms in total. The molecule has 1 amide bonds. The third kappa shape index (κ3) is 3.94. The van der Waals surface area contributed by atoms with E-state index in [0.29, 0.717) is 14.8 Å². The summed E-state index contributed by atoms with van der Waals surface area (Å²) in [6.07, 6.45) is 0. The van der Waals surface area contributed by atoms with Crippen LogP contribution in [-0.4, -0.2) is 23.6 Å². The summed E-state index contributed by atoms with van der Waals surface area (Å²) in [6.45, 7) is -0.0847. The number of methoxy groups -OCH3 is 1. The largest absolute Gasteiger partial charge is 0.468 e. The number of halogens is 3.